The number of hydrogen-bond acceptors (Lipinski definition) is 5. The van der Waals surface area contributed by atoms with Crippen LogP contribution in [0.4, 0.5) is 0 Å². The van der Waals surface area contributed by atoms with Gasteiger partial charge in [-0.25, -0.2) is 4.98 Å². The van der Waals surface area contributed by atoms with Crippen LogP contribution in [0.5, 0.6) is 0 Å². The monoisotopic (exact) mass is 414 g/mol. The molecule has 1 saturated heterocycles. The number of carbonyl (C=O) groups is 2. The molecule has 2 amide bonds. The third-order valence-electron chi connectivity index (χ3n) is 5.49. The van der Waals surface area contributed by atoms with Gasteiger partial charge in [-0.15, -0.1) is 0 Å². The molecule has 7 nitrogen and oxygen atoms in total. The second-order valence-electron chi connectivity index (χ2n) is 7.95. The second-order valence-corrected chi connectivity index (χ2v) is 8.89. The van der Waals surface area contributed by atoms with Crippen molar-refractivity contribution >= 4 is 34.5 Å². The molecule has 0 radical (unpaired) electrons. The maximum absolute atomic E-state index is 12.9. The lowest BCUT2D eigenvalue weighted by atomic mass is 10.2. The van der Waals surface area contributed by atoms with Crippen molar-refractivity contribution in [2.24, 2.45) is 5.92 Å². The van der Waals surface area contributed by atoms with Crippen LogP contribution in [-0.2, 0) is 9.59 Å². The summed E-state index contributed by atoms with van der Waals surface area (Å²) in [4.78, 5) is 46.1. The Kier molecular flexibility index (Phi) is 5.63. The Hall–Kier alpha value is -2.35. The predicted molar refractivity (Wildman–Crippen MR) is 113 cm³/mol. The Labute approximate surface area is 174 Å². The standard InChI is InChI=1S/C21H26N4O3S/c1-14(2)25-20(28)16-5-3-4-6-17(16)22-21(25)29-13-18(26)23-9-11-24(12-10-23)19(27)15-7-8-15/h3-6,14-15H,7-13H2,1-2H3. The Bertz CT molecular complexity index is 991. The summed E-state index contributed by atoms with van der Waals surface area (Å²) < 4.78 is 1.66. The van der Waals surface area contributed by atoms with Crippen LogP contribution >= 0.6 is 11.8 Å². The lowest BCUT2D eigenvalue weighted by Gasteiger charge is -2.35. The fourth-order valence-corrected chi connectivity index (χ4v) is 4.70. The average molecular weight is 415 g/mol. The van der Waals surface area contributed by atoms with E-state index >= 15 is 0 Å². The molecule has 1 aromatic heterocycles. The average Bonchev–Trinajstić information content (AvgIpc) is 3.57. The Morgan fingerprint density at radius 2 is 1.76 bits per heavy atom. The van der Waals surface area contributed by atoms with Gasteiger partial charge in [-0.05, 0) is 38.8 Å². The molecule has 0 spiro atoms. The number of fused-ring (bicyclic) bond motifs is 1. The zero-order chi connectivity index (χ0) is 20.5. The van der Waals surface area contributed by atoms with Crippen LogP contribution in [0.25, 0.3) is 10.9 Å². The molecule has 8 heteroatoms. The molecule has 1 aliphatic heterocycles. The van der Waals surface area contributed by atoms with Crippen LogP contribution < -0.4 is 5.56 Å². The van der Waals surface area contributed by atoms with Crippen molar-refractivity contribution < 1.29 is 9.59 Å². The molecule has 2 aliphatic rings. The normalized spacial score (nSPS) is 17.2. The number of amides is 2. The maximum Gasteiger partial charge on any atom is 0.262 e. The smallest absolute Gasteiger partial charge is 0.262 e. The first-order valence-corrected chi connectivity index (χ1v) is 11.1. The minimum absolute atomic E-state index is 0.0197. The van der Waals surface area contributed by atoms with Crippen LogP contribution in [0, 0.1) is 5.92 Å². The summed E-state index contributed by atoms with van der Waals surface area (Å²) in [6.07, 6.45) is 2.01. The summed E-state index contributed by atoms with van der Waals surface area (Å²) in [5.74, 6) is 0.715. The van der Waals surface area contributed by atoms with Gasteiger partial charge >= 0.3 is 0 Å². The van der Waals surface area contributed by atoms with Gasteiger partial charge in [0, 0.05) is 38.1 Å². The molecule has 0 N–H and O–H groups in total. The van der Waals surface area contributed by atoms with Crippen LogP contribution in [-0.4, -0.2) is 63.1 Å². The van der Waals surface area contributed by atoms with Crippen LogP contribution in [0.1, 0.15) is 32.7 Å². The summed E-state index contributed by atoms with van der Waals surface area (Å²) in [7, 11) is 0. The first-order chi connectivity index (χ1) is 14.0. The molecule has 1 aliphatic carbocycles. The molecule has 1 saturated carbocycles. The molecule has 0 unspecified atom stereocenters. The van der Waals surface area contributed by atoms with Crippen molar-refractivity contribution in [2.45, 2.75) is 37.9 Å². The van der Waals surface area contributed by atoms with Crippen molar-refractivity contribution in [3.8, 4) is 0 Å². The van der Waals surface area contributed by atoms with E-state index in [4.69, 9.17) is 0 Å². The number of hydrogen-bond donors (Lipinski definition) is 0. The zero-order valence-corrected chi connectivity index (χ0v) is 17.7. The van der Waals surface area contributed by atoms with Gasteiger partial charge < -0.3 is 9.80 Å². The molecular formula is C21H26N4O3S. The van der Waals surface area contributed by atoms with E-state index in [9.17, 15) is 14.4 Å². The molecule has 0 atom stereocenters. The fraction of sp³-hybridized carbons (Fsp3) is 0.524. The summed E-state index contributed by atoms with van der Waals surface area (Å²) in [6, 6.07) is 7.25. The van der Waals surface area contributed by atoms with E-state index in [0.29, 0.717) is 42.2 Å². The van der Waals surface area contributed by atoms with E-state index in [0.717, 1.165) is 12.8 Å². The molecule has 2 fully saturated rings. The van der Waals surface area contributed by atoms with Crippen LogP contribution in [0.15, 0.2) is 34.2 Å². The molecule has 154 valence electrons. The number of para-hydroxylation sites is 1. The highest BCUT2D eigenvalue weighted by molar-refractivity contribution is 7.99. The second kappa shape index (κ2) is 8.18. The SMILES string of the molecule is CC(C)n1c(SCC(=O)N2CCN(C(=O)C3CC3)CC2)nc2ccccc2c1=O. The Balaban J connectivity index is 1.43. The van der Waals surface area contributed by atoms with Crippen molar-refractivity contribution in [3.05, 3.63) is 34.6 Å². The van der Waals surface area contributed by atoms with Gasteiger partial charge in [0.25, 0.3) is 5.56 Å². The van der Waals surface area contributed by atoms with Crippen molar-refractivity contribution in [1.82, 2.24) is 19.4 Å². The third-order valence-corrected chi connectivity index (χ3v) is 6.42. The predicted octanol–water partition coefficient (Wildman–Crippen LogP) is 2.15. The van der Waals surface area contributed by atoms with Crippen LogP contribution in [0.3, 0.4) is 0 Å². The third kappa shape index (κ3) is 4.17. The molecule has 29 heavy (non-hydrogen) atoms. The summed E-state index contributed by atoms with van der Waals surface area (Å²) in [5, 5.41) is 1.16. The highest BCUT2D eigenvalue weighted by atomic mass is 32.2. The van der Waals surface area contributed by atoms with Crippen molar-refractivity contribution in [2.75, 3.05) is 31.9 Å². The van der Waals surface area contributed by atoms with Gasteiger partial charge in [0.1, 0.15) is 0 Å². The number of aromatic nitrogens is 2. The van der Waals surface area contributed by atoms with E-state index in [2.05, 4.69) is 4.98 Å². The Morgan fingerprint density at radius 1 is 1.10 bits per heavy atom. The molecule has 1 aromatic carbocycles. The summed E-state index contributed by atoms with van der Waals surface area (Å²) in [6.45, 7) is 6.24. The van der Waals surface area contributed by atoms with Gasteiger partial charge in [-0.1, -0.05) is 23.9 Å². The van der Waals surface area contributed by atoms with Crippen molar-refractivity contribution in [1.29, 1.82) is 0 Å². The van der Waals surface area contributed by atoms with Crippen molar-refractivity contribution in [3.63, 3.8) is 0 Å². The van der Waals surface area contributed by atoms with Gasteiger partial charge in [0.2, 0.25) is 11.8 Å². The van der Waals surface area contributed by atoms with Gasteiger partial charge in [0.15, 0.2) is 5.16 Å². The number of piperazine rings is 1. The molecule has 4 rings (SSSR count). The summed E-state index contributed by atoms with van der Waals surface area (Å²) >= 11 is 1.31. The fourth-order valence-electron chi connectivity index (χ4n) is 3.67. The molecule has 0 bridgehead atoms. The minimum Gasteiger partial charge on any atom is -0.339 e. The molecule has 2 aromatic rings. The van der Waals surface area contributed by atoms with E-state index in [-0.39, 0.29) is 35.1 Å². The van der Waals surface area contributed by atoms with E-state index in [1.165, 1.54) is 11.8 Å². The van der Waals surface area contributed by atoms with Gasteiger partial charge in [0.05, 0.1) is 16.7 Å². The first-order valence-electron chi connectivity index (χ1n) is 10.2. The Morgan fingerprint density at radius 3 is 2.41 bits per heavy atom. The largest absolute Gasteiger partial charge is 0.339 e. The van der Waals surface area contributed by atoms with E-state index in [1.807, 2.05) is 41.8 Å². The number of carbonyl (C=O) groups excluding carboxylic acids is 2. The van der Waals surface area contributed by atoms with Gasteiger partial charge in [-0.2, -0.15) is 0 Å². The van der Waals surface area contributed by atoms with Crippen LogP contribution in [0.2, 0.25) is 0 Å². The topological polar surface area (TPSA) is 75.5 Å². The number of benzene rings is 1. The zero-order valence-electron chi connectivity index (χ0n) is 16.8. The number of rotatable bonds is 5. The number of thioether (sulfide) groups is 1. The quantitative estimate of drug-likeness (QED) is 0.554. The number of nitrogens with zero attached hydrogens (tertiary/aromatic N) is 4. The summed E-state index contributed by atoms with van der Waals surface area (Å²) in [5.41, 5.74) is 0.573. The minimum atomic E-state index is -0.0762. The maximum atomic E-state index is 12.9. The molecule has 2 heterocycles. The lowest BCUT2D eigenvalue weighted by molar-refractivity contribution is -0.139. The first kappa shape index (κ1) is 19.9. The van der Waals surface area contributed by atoms with E-state index in [1.54, 1.807) is 10.6 Å². The highest BCUT2D eigenvalue weighted by Crippen LogP contribution is 2.31. The van der Waals surface area contributed by atoms with Gasteiger partial charge in [-0.3, -0.25) is 19.0 Å². The highest BCUT2D eigenvalue weighted by Gasteiger charge is 2.35. The van der Waals surface area contributed by atoms with E-state index < -0.39 is 0 Å². The molecular weight excluding hydrogens is 388 g/mol. The lowest BCUT2D eigenvalue weighted by Crippen LogP contribution is -2.51.